The van der Waals surface area contributed by atoms with Gasteiger partial charge in [0.05, 0.1) is 0 Å². The van der Waals surface area contributed by atoms with E-state index in [-0.39, 0.29) is 17.6 Å². The van der Waals surface area contributed by atoms with E-state index in [1.807, 2.05) is 26.8 Å². The molecular formula is C12H18N2O. The SMILES string of the molecule is Cc1ccncc1C(=O)C(CN)C(C)C. The summed E-state index contributed by atoms with van der Waals surface area (Å²) in [7, 11) is 0. The molecule has 1 unspecified atom stereocenters. The summed E-state index contributed by atoms with van der Waals surface area (Å²) in [5.41, 5.74) is 7.28. The number of aryl methyl sites for hydroxylation is 1. The van der Waals surface area contributed by atoms with E-state index < -0.39 is 0 Å². The van der Waals surface area contributed by atoms with Gasteiger partial charge in [-0.3, -0.25) is 9.78 Å². The number of pyridine rings is 1. The first-order valence-electron chi connectivity index (χ1n) is 5.22. The highest BCUT2D eigenvalue weighted by Crippen LogP contribution is 2.17. The molecule has 3 heteroatoms. The number of carbonyl (C=O) groups excluding carboxylic acids is 1. The fourth-order valence-electron chi connectivity index (χ4n) is 1.60. The van der Waals surface area contributed by atoms with Crippen LogP contribution in [0.1, 0.15) is 29.8 Å². The third kappa shape index (κ3) is 2.63. The van der Waals surface area contributed by atoms with Crippen LogP contribution in [0.3, 0.4) is 0 Å². The zero-order chi connectivity index (χ0) is 11.4. The fourth-order valence-corrected chi connectivity index (χ4v) is 1.60. The average Bonchev–Trinajstić information content (AvgIpc) is 2.18. The summed E-state index contributed by atoms with van der Waals surface area (Å²) in [5, 5.41) is 0. The van der Waals surface area contributed by atoms with Crippen LogP contribution >= 0.6 is 0 Å². The van der Waals surface area contributed by atoms with E-state index in [2.05, 4.69) is 4.98 Å². The highest BCUT2D eigenvalue weighted by atomic mass is 16.1. The van der Waals surface area contributed by atoms with Crippen molar-refractivity contribution in [2.75, 3.05) is 6.54 Å². The van der Waals surface area contributed by atoms with Crippen LogP contribution in [0.5, 0.6) is 0 Å². The number of hydrogen-bond acceptors (Lipinski definition) is 3. The molecule has 0 saturated heterocycles. The number of hydrogen-bond donors (Lipinski definition) is 1. The second-order valence-corrected chi connectivity index (χ2v) is 4.14. The molecule has 82 valence electrons. The van der Waals surface area contributed by atoms with E-state index >= 15 is 0 Å². The summed E-state index contributed by atoms with van der Waals surface area (Å²) < 4.78 is 0. The van der Waals surface area contributed by atoms with Crippen LogP contribution < -0.4 is 5.73 Å². The van der Waals surface area contributed by atoms with Crippen molar-refractivity contribution in [3.63, 3.8) is 0 Å². The highest BCUT2D eigenvalue weighted by Gasteiger charge is 2.22. The molecule has 0 saturated carbocycles. The molecule has 0 bridgehead atoms. The van der Waals surface area contributed by atoms with Gasteiger partial charge in [-0.25, -0.2) is 0 Å². The maximum absolute atomic E-state index is 12.1. The summed E-state index contributed by atoms with van der Waals surface area (Å²) in [6.45, 7) is 6.34. The normalized spacial score (nSPS) is 12.9. The van der Waals surface area contributed by atoms with Gasteiger partial charge in [0, 0.05) is 30.4 Å². The Morgan fingerprint density at radius 1 is 1.53 bits per heavy atom. The quantitative estimate of drug-likeness (QED) is 0.764. The Balaban J connectivity index is 2.98. The van der Waals surface area contributed by atoms with E-state index in [9.17, 15) is 4.79 Å². The van der Waals surface area contributed by atoms with Gasteiger partial charge in [0.1, 0.15) is 0 Å². The van der Waals surface area contributed by atoms with Crippen molar-refractivity contribution in [2.24, 2.45) is 17.6 Å². The summed E-state index contributed by atoms with van der Waals surface area (Å²) >= 11 is 0. The maximum atomic E-state index is 12.1. The van der Waals surface area contributed by atoms with Crippen LogP contribution in [0.4, 0.5) is 0 Å². The molecule has 3 nitrogen and oxygen atoms in total. The lowest BCUT2D eigenvalue weighted by Crippen LogP contribution is -2.29. The molecule has 15 heavy (non-hydrogen) atoms. The molecular weight excluding hydrogens is 188 g/mol. The predicted octanol–water partition coefficient (Wildman–Crippen LogP) is 1.80. The van der Waals surface area contributed by atoms with E-state index in [4.69, 9.17) is 5.73 Å². The minimum Gasteiger partial charge on any atom is -0.330 e. The van der Waals surface area contributed by atoms with Gasteiger partial charge in [-0.1, -0.05) is 13.8 Å². The Morgan fingerprint density at radius 3 is 2.67 bits per heavy atom. The second-order valence-electron chi connectivity index (χ2n) is 4.14. The molecule has 2 N–H and O–H groups in total. The van der Waals surface area contributed by atoms with Crippen LogP contribution in [0.25, 0.3) is 0 Å². The lowest BCUT2D eigenvalue weighted by atomic mass is 9.87. The van der Waals surface area contributed by atoms with Gasteiger partial charge in [0.15, 0.2) is 5.78 Å². The largest absolute Gasteiger partial charge is 0.330 e. The van der Waals surface area contributed by atoms with Crippen LogP contribution in [0.15, 0.2) is 18.5 Å². The van der Waals surface area contributed by atoms with Crippen molar-refractivity contribution in [1.82, 2.24) is 4.98 Å². The van der Waals surface area contributed by atoms with E-state index in [0.717, 1.165) is 5.56 Å². The lowest BCUT2D eigenvalue weighted by molar-refractivity contribution is 0.0891. The van der Waals surface area contributed by atoms with Crippen molar-refractivity contribution in [3.8, 4) is 0 Å². The van der Waals surface area contributed by atoms with Crippen molar-refractivity contribution in [1.29, 1.82) is 0 Å². The Kier molecular flexibility index (Phi) is 3.97. The zero-order valence-electron chi connectivity index (χ0n) is 9.53. The number of ketones is 1. The molecule has 0 aliphatic heterocycles. The topological polar surface area (TPSA) is 56.0 Å². The van der Waals surface area contributed by atoms with Gasteiger partial charge < -0.3 is 5.73 Å². The summed E-state index contributed by atoms with van der Waals surface area (Å²) in [6, 6.07) is 1.85. The molecule has 0 fully saturated rings. The molecule has 0 amide bonds. The minimum absolute atomic E-state index is 0.104. The Bertz CT molecular complexity index is 347. The molecule has 0 aliphatic rings. The van der Waals surface area contributed by atoms with Crippen LogP contribution in [0, 0.1) is 18.8 Å². The molecule has 1 heterocycles. The number of carbonyl (C=O) groups is 1. The highest BCUT2D eigenvalue weighted by molar-refractivity contribution is 5.99. The molecule has 0 radical (unpaired) electrons. The van der Waals surface area contributed by atoms with Crippen molar-refractivity contribution in [2.45, 2.75) is 20.8 Å². The smallest absolute Gasteiger partial charge is 0.169 e. The average molecular weight is 206 g/mol. The first kappa shape index (κ1) is 11.9. The molecule has 1 rings (SSSR count). The van der Waals surface area contributed by atoms with Gasteiger partial charge in [-0.2, -0.15) is 0 Å². The van der Waals surface area contributed by atoms with E-state index in [0.29, 0.717) is 12.1 Å². The Labute approximate surface area is 90.7 Å². The van der Waals surface area contributed by atoms with Crippen molar-refractivity contribution >= 4 is 5.78 Å². The monoisotopic (exact) mass is 206 g/mol. The summed E-state index contributed by atoms with van der Waals surface area (Å²) in [5.74, 6) is 0.271. The molecule has 0 spiro atoms. The van der Waals surface area contributed by atoms with Gasteiger partial charge in [-0.15, -0.1) is 0 Å². The first-order valence-corrected chi connectivity index (χ1v) is 5.22. The summed E-state index contributed by atoms with van der Waals surface area (Å²) in [6.07, 6.45) is 3.32. The van der Waals surface area contributed by atoms with Crippen LogP contribution in [-0.2, 0) is 0 Å². The second kappa shape index (κ2) is 5.03. The van der Waals surface area contributed by atoms with Crippen molar-refractivity contribution < 1.29 is 4.79 Å². The minimum atomic E-state index is -0.104. The van der Waals surface area contributed by atoms with Gasteiger partial charge in [0.2, 0.25) is 0 Å². The van der Waals surface area contributed by atoms with Gasteiger partial charge in [-0.05, 0) is 24.5 Å². The number of aromatic nitrogens is 1. The fraction of sp³-hybridized carbons (Fsp3) is 0.500. The number of nitrogens with two attached hydrogens (primary N) is 1. The van der Waals surface area contributed by atoms with Gasteiger partial charge in [0.25, 0.3) is 0 Å². The molecule has 1 atom stereocenters. The molecule has 0 aliphatic carbocycles. The van der Waals surface area contributed by atoms with E-state index in [1.165, 1.54) is 0 Å². The molecule has 1 aromatic rings. The Morgan fingerprint density at radius 2 is 2.20 bits per heavy atom. The Hall–Kier alpha value is -1.22. The third-order valence-corrected chi connectivity index (χ3v) is 2.70. The van der Waals surface area contributed by atoms with Gasteiger partial charge >= 0.3 is 0 Å². The third-order valence-electron chi connectivity index (χ3n) is 2.70. The maximum Gasteiger partial charge on any atom is 0.169 e. The standard InChI is InChI=1S/C12H18N2O/c1-8(2)10(6-13)12(15)11-7-14-5-4-9(11)3/h4-5,7-8,10H,6,13H2,1-3H3. The first-order chi connectivity index (χ1) is 7.07. The van der Waals surface area contributed by atoms with Crippen LogP contribution in [0.2, 0.25) is 0 Å². The zero-order valence-corrected chi connectivity index (χ0v) is 9.53. The lowest BCUT2D eigenvalue weighted by Gasteiger charge is -2.18. The number of rotatable bonds is 4. The van der Waals surface area contributed by atoms with E-state index in [1.54, 1.807) is 12.4 Å². The number of nitrogens with zero attached hydrogens (tertiary/aromatic N) is 1. The van der Waals surface area contributed by atoms with Crippen molar-refractivity contribution in [3.05, 3.63) is 29.6 Å². The number of Topliss-reactive ketones (excluding diaryl/α,β-unsaturated/α-hetero) is 1. The predicted molar refractivity (Wildman–Crippen MR) is 60.7 cm³/mol. The summed E-state index contributed by atoms with van der Waals surface area (Å²) in [4.78, 5) is 16.1. The molecule has 1 aromatic heterocycles. The molecule has 0 aromatic carbocycles. The van der Waals surface area contributed by atoms with Crippen LogP contribution in [-0.4, -0.2) is 17.3 Å².